The van der Waals surface area contributed by atoms with Crippen molar-refractivity contribution >= 4 is 17.9 Å². The predicted octanol–water partition coefficient (Wildman–Crippen LogP) is 20.3. The van der Waals surface area contributed by atoms with Crippen molar-refractivity contribution < 1.29 is 28.6 Å². The van der Waals surface area contributed by atoms with E-state index >= 15 is 0 Å². The van der Waals surface area contributed by atoms with Crippen molar-refractivity contribution in [3.05, 3.63) is 109 Å². The number of carbonyl (C=O) groups is 3. The molecule has 0 aliphatic carbocycles. The predicted molar refractivity (Wildman–Crippen MR) is 311 cm³/mol. The molecule has 0 aliphatic heterocycles. The van der Waals surface area contributed by atoms with Crippen molar-refractivity contribution in [2.75, 3.05) is 13.2 Å². The summed E-state index contributed by atoms with van der Waals surface area (Å²) in [5, 5.41) is 0. The number of hydrogen-bond donors (Lipinski definition) is 0. The van der Waals surface area contributed by atoms with E-state index in [2.05, 4.69) is 130 Å². The van der Waals surface area contributed by atoms with Crippen LogP contribution in [0.15, 0.2) is 109 Å². The van der Waals surface area contributed by atoms with Crippen molar-refractivity contribution in [2.45, 2.75) is 277 Å². The lowest BCUT2D eigenvalue weighted by atomic mass is 10.1. The summed E-state index contributed by atoms with van der Waals surface area (Å²) in [5.41, 5.74) is 0. The minimum absolute atomic E-state index is 0.0935. The molecule has 0 amide bonds. The summed E-state index contributed by atoms with van der Waals surface area (Å²) in [6.07, 6.45) is 80.8. The van der Waals surface area contributed by atoms with Gasteiger partial charge in [-0.3, -0.25) is 14.4 Å². The Hall–Kier alpha value is -3.93. The van der Waals surface area contributed by atoms with Gasteiger partial charge in [-0.15, -0.1) is 0 Å². The van der Waals surface area contributed by atoms with Crippen molar-refractivity contribution in [1.82, 2.24) is 0 Å². The van der Waals surface area contributed by atoms with Crippen LogP contribution in [-0.4, -0.2) is 37.2 Å². The molecular formula is C66H110O6. The summed E-state index contributed by atoms with van der Waals surface area (Å²) in [7, 11) is 0. The molecule has 72 heavy (non-hydrogen) atoms. The molecule has 0 aromatic rings. The van der Waals surface area contributed by atoms with Crippen LogP contribution in [0.5, 0.6) is 0 Å². The van der Waals surface area contributed by atoms with Gasteiger partial charge >= 0.3 is 17.9 Å². The molecule has 0 saturated carbocycles. The van der Waals surface area contributed by atoms with Crippen LogP contribution in [0.4, 0.5) is 0 Å². The first-order chi connectivity index (χ1) is 35.5. The summed E-state index contributed by atoms with van der Waals surface area (Å²) >= 11 is 0. The molecule has 0 spiro atoms. The first-order valence-electron chi connectivity index (χ1n) is 29.9. The van der Waals surface area contributed by atoms with Crippen molar-refractivity contribution in [3.8, 4) is 0 Å². The summed E-state index contributed by atoms with van der Waals surface area (Å²) in [5.74, 6) is -0.930. The molecule has 1 unspecified atom stereocenters. The van der Waals surface area contributed by atoms with Crippen LogP contribution in [0.2, 0.25) is 0 Å². The van der Waals surface area contributed by atoms with Crippen LogP contribution >= 0.6 is 0 Å². The fourth-order valence-corrected chi connectivity index (χ4v) is 8.09. The first kappa shape index (κ1) is 68.1. The van der Waals surface area contributed by atoms with Crippen LogP contribution in [-0.2, 0) is 28.6 Å². The lowest BCUT2D eigenvalue weighted by molar-refractivity contribution is -0.167. The van der Waals surface area contributed by atoms with Gasteiger partial charge in [0.1, 0.15) is 13.2 Å². The van der Waals surface area contributed by atoms with E-state index in [0.717, 1.165) is 109 Å². The highest BCUT2D eigenvalue weighted by atomic mass is 16.6. The number of rotatable bonds is 53. The summed E-state index contributed by atoms with van der Waals surface area (Å²) in [6, 6.07) is 0. The normalized spacial score (nSPS) is 12.9. The van der Waals surface area contributed by atoms with Crippen molar-refractivity contribution in [3.63, 3.8) is 0 Å². The summed E-state index contributed by atoms with van der Waals surface area (Å²) < 4.78 is 16.9. The Morgan fingerprint density at radius 2 is 0.583 bits per heavy atom. The average Bonchev–Trinajstić information content (AvgIpc) is 3.38. The third kappa shape index (κ3) is 57.0. The molecule has 0 bridgehead atoms. The van der Waals surface area contributed by atoms with Gasteiger partial charge in [-0.05, 0) is 116 Å². The second-order valence-corrected chi connectivity index (χ2v) is 19.5. The van der Waals surface area contributed by atoms with Gasteiger partial charge in [0, 0.05) is 19.3 Å². The van der Waals surface area contributed by atoms with Crippen LogP contribution in [0, 0.1) is 0 Å². The number of unbranched alkanes of at least 4 members (excludes halogenated alkanes) is 25. The third-order valence-corrected chi connectivity index (χ3v) is 12.5. The van der Waals surface area contributed by atoms with Gasteiger partial charge in [-0.2, -0.15) is 0 Å². The molecule has 0 fully saturated rings. The Labute approximate surface area is 444 Å². The average molecular weight is 1000 g/mol. The smallest absolute Gasteiger partial charge is 0.306 e. The highest BCUT2D eigenvalue weighted by molar-refractivity contribution is 5.71. The number of allylic oxidation sites excluding steroid dienone is 18. The zero-order valence-corrected chi connectivity index (χ0v) is 46.9. The summed E-state index contributed by atoms with van der Waals surface area (Å²) in [4.78, 5) is 38.3. The topological polar surface area (TPSA) is 78.9 Å². The zero-order chi connectivity index (χ0) is 52.2. The maximum atomic E-state index is 12.9. The van der Waals surface area contributed by atoms with Gasteiger partial charge < -0.3 is 14.2 Å². The van der Waals surface area contributed by atoms with Gasteiger partial charge in [-0.1, -0.05) is 246 Å². The van der Waals surface area contributed by atoms with E-state index in [4.69, 9.17) is 14.2 Å². The van der Waals surface area contributed by atoms with Crippen LogP contribution < -0.4 is 0 Å². The molecule has 0 rings (SSSR count). The molecule has 0 aliphatic rings. The fourth-order valence-electron chi connectivity index (χ4n) is 8.09. The van der Waals surface area contributed by atoms with Gasteiger partial charge in [0.2, 0.25) is 0 Å². The number of hydrogen-bond acceptors (Lipinski definition) is 6. The van der Waals surface area contributed by atoms with E-state index in [1.165, 1.54) is 122 Å². The van der Waals surface area contributed by atoms with Crippen molar-refractivity contribution in [2.24, 2.45) is 0 Å². The maximum absolute atomic E-state index is 12.9. The molecule has 6 heteroatoms. The van der Waals surface area contributed by atoms with Crippen LogP contribution in [0.3, 0.4) is 0 Å². The largest absolute Gasteiger partial charge is 0.462 e. The fraction of sp³-hybridized carbons (Fsp3) is 0.682. The number of esters is 3. The Kier molecular flexibility index (Phi) is 56.4. The Bertz CT molecular complexity index is 1470. The van der Waals surface area contributed by atoms with E-state index in [9.17, 15) is 14.4 Å². The summed E-state index contributed by atoms with van der Waals surface area (Å²) in [6.45, 7) is 6.37. The van der Waals surface area contributed by atoms with Gasteiger partial charge in [0.25, 0.3) is 0 Å². The number of carbonyl (C=O) groups excluding carboxylic acids is 3. The molecule has 0 radical (unpaired) electrons. The highest BCUT2D eigenvalue weighted by Gasteiger charge is 2.19. The second kappa shape index (κ2) is 59.6. The molecule has 0 saturated heterocycles. The Morgan fingerprint density at radius 1 is 0.306 bits per heavy atom. The van der Waals surface area contributed by atoms with E-state index in [1.807, 2.05) is 0 Å². The van der Waals surface area contributed by atoms with Crippen molar-refractivity contribution in [1.29, 1.82) is 0 Å². The number of ether oxygens (including phenoxy) is 3. The first-order valence-corrected chi connectivity index (χ1v) is 29.9. The van der Waals surface area contributed by atoms with Gasteiger partial charge in [0.15, 0.2) is 6.10 Å². The van der Waals surface area contributed by atoms with E-state index in [-0.39, 0.29) is 31.1 Å². The highest BCUT2D eigenvalue weighted by Crippen LogP contribution is 2.15. The van der Waals surface area contributed by atoms with Crippen LogP contribution in [0.25, 0.3) is 0 Å². The molecule has 0 N–H and O–H groups in total. The molecule has 0 aromatic carbocycles. The lowest BCUT2D eigenvalue weighted by Gasteiger charge is -2.18. The Balaban J connectivity index is 4.44. The van der Waals surface area contributed by atoms with Gasteiger partial charge in [-0.25, -0.2) is 0 Å². The second-order valence-electron chi connectivity index (χ2n) is 19.5. The van der Waals surface area contributed by atoms with E-state index in [0.29, 0.717) is 19.3 Å². The maximum Gasteiger partial charge on any atom is 0.306 e. The SMILES string of the molecule is CC/C=C\C/C=C\C/C=C\C/C=C\CCCCCC(=O)OCC(COC(=O)CCCCCCCCCCC/C=C\C/C=C\C/C=C\CC)OC(=O)CCCCCCCCCCCC/C=C\C=C/CCCCC. The molecule has 1 atom stereocenters. The molecule has 410 valence electrons. The zero-order valence-electron chi connectivity index (χ0n) is 46.9. The lowest BCUT2D eigenvalue weighted by Crippen LogP contribution is -2.30. The molecule has 0 aromatic heterocycles. The molecule has 6 nitrogen and oxygen atoms in total. The minimum Gasteiger partial charge on any atom is -0.462 e. The van der Waals surface area contributed by atoms with Gasteiger partial charge in [0.05, 0.1) is 0 Å². The van der Waals surface area contributed by atoms with E-state index in [1.54, 1.807) is 0 Å². The monoisotopic (exact) mass is 999 g/mol. The van der Waals surface area contributed by atoms with E-state index < -0.39 is 6.10 Å². The quantitative estimate of drug-likeness (QED) is 0.0199. The molecular weight excluding hydrogens is 889 g/mol. The third-order valence-electron chi connectivity index (χ3n) is 12.5. The van der Waals surface area contributed by atoms with Crippen LogP contribution in [0.1, 0.15) is 271 Å². The Morgan fingerprint density at radius 3 is 0.944 bits per heavy atom. The molecule has 0 heterocycles. The minimum atomic E-state index is -0.798. The standard InChI is InChI=1S/C66H110O6/c1-4-7-10-13-16-19-22-25-28-31-33-35-38-41-44-47-50-53-56-59-65(68)71-62-63(61-70-64(67)58-55-52-49-46-43-40-37-30-27-24-21-18-15-12-9-6-3)72-66(69)60-57-54-51-48-45-42-39-36-34-32-29-26-23-20-17-14-11-8-5-2/h7,9-10,12,16-21,23,25-28,30,40,43,63H,4-6,8,11,13-15,22,24,29,31-39,41-42,44-62H2,1-3H3/b10-7-,12-9-,19-16-,20-17-,21-18-,26-23-,28-25-,30-27-,43-40-.